The van der Waals surface area contributed by atoms with Gasteiger partial charge in [0.2, 0.25) is 0 Å². The van der Waals surface area contributed by atoms with Crippen molar-refractivity contribution in [2.45, 2.75) is 45.1 Å². The fraction of sp³-hybridized carbons (Fsp3) is 0.500. The summed E-state index contributed by atoms with van der Waals surface area (Å²) in [5.41, 5.74) is 8.21. The first-order valence-corrected chi connectivity index (χ1v) is 7.27. The van der Waals surface area contributed by atoms with Crippen LogP contribution in [0.5, 0.6) is 0 Å². The minimum Gasteiger partial charge on any atom is -0.334 e. The van der Waals surface area contributed by atoms with Crippen LogP contribution >= 0.6 is 0 Å². The Morgan fingerprint density at radius 1 is 1.40 bits per heavy atom. The van der Waals surface area contributed by atoms with Crippen molar-refractivity contribution in [3.63, 3.8) is 0 Å². The smallest absolute Gasteiger partial charge is 0.257 e. The Morgan fingerprint density at radius 2 is 2.25 bits per heavy atom. The Bertz CT molecular complexity index is 607. The van der Waals surface area contributed by atoms with Gasteiger partial charge in [-0.25, -0.2) is 0 Å². The monoisotopic (exact) mass is 271 g/mol. The first-order chi connectivity index (χ1) is 9.57. The standard InChI is InChI=1S/C16H21N3O/c1-11-5-3-7-13(9-11)14-18-15(19-20-14)16(17)8-4-6-12(2)10-16/h3,5,7,9,12H,4,6,8,10,17H2,1-2H3. The van der Waals surface area contributed by atoms with E-state index in [1.807, 2.05) is 31.2 Å². The molecule has 1 aliphatic carbocycles. The third-order valence-electron chi connectivity index (χ3n) is 4.17. The number of benzene rings is 1. The molecular weight excluding hydrogens is 250 g/mol. The number of nitrogens with two attached hydrogens (primary N) is 1. The van der Waals surface area contributed by atoms with Gasteiger partial charge in [0.15, 0.2) is 5.82 Å². The second-order valence-electron chi connectivity index (χ2n) is 6.15. The number of hydrogen-bond acceptors (Lipinski definition) is 4. The van der Waals surface area contributed by atoms with Gasteiger partial charge >= 0.3 is 0 Å². The molecule has 0 saturated heterocycles. The molecule has 0 radical (unpaired) electrons. The van der Waals surface area contributed by atoms with Gasteiger partial charge in [0.25, 0.3) is 5.89 Å². The number of nitrogens with zero attached hydrogens (tertiary/aromatic N) is 2. The molecule has 4 heteroatoms. The first kappa shape index (κ1) is 13.3. The van der Waals surface area contributed by atoms with Crippen molar-refractivity contribution in [1.82, 2.24) is 10.1 Å². The SMILES string of the molecule is Cc1cccc(-c2nc(C3(N)CCCC(C)C3)no2)c1. The molecule has 2 aromatic rings. The highest BCUT2D eigenvalue weighted by molar-refractivity contribution is 5.53. The summed E-state index contributed by atoms with van der Waals surface area (Å²) in [4.78, 5) is 4.55. The molecule has 2 N–H and O–H groups in total. The predicted octanol–water partition coefficient (Wildman–Crippen LogP) is 3.41. The lowest BCUT2D eigenvalue weighted by molar-refractivity contribution is 0.222. The molecule has 2 unspecified atom stereocenters. The quantitative estimate of drug-likeness (QED) is 0.909. The minimum atomic E-state index is -0.427. The third-order valence-corrected chi connectivity index (χ3v) is 4.17. The van der Waals surface area contributed by atoms with Gasteiger partial charge in [0, 0.05) is 5.56 Å². The van der Waals surface area contributed by atoms with Crippen LogP contribution in [-0.4, -0.2) is 10.1 Å². The highest BCUT2D eigenvalue weighted by Gasteiger charge is 2.37. The van der Waals surface area contributed by atoms with Gasteiger partial charge in [-0.05, 0) is 37.8 Å². The molecule has 0 amide bonds. The van der Waals surface area contributed by atoms with Crippen LogP contribution in [0.1, 0.15) is 44.0 Å². The van der Waals surface area contributed by atoms with E-state index in [1.54, 1.807) is 0 Å². The van der Waals surface area contributed by atoms with Crippen LogP contribution in [0.4, 0.5) is 0 Å². The zero-order valence-electron chi connectivity index (χ0n) is 12.1. The van der Waals surface area contributed by atoms with Crippen LogP contribution < -0.4 is 5.73 Å². The van der Waals surface area contributed by atoms with Crippen LogP contribution in [-0.2, 0) is 5.54 Å². The summed E-state index contributed by atoms with van der Waals surface area (Å²) in [6.07, 6.45) is 4.23. The molecule has 3 rings (SSSR count). The zero-order chi connectivity index (χ0) is 14.2. The van der Waals surface area contributed by atoms with Gasteiger partial charge in [-0.1, -0.05) is 42.6 Å². The molecule has 1 fully saturated rings. The second-order valence-corrected chi connectivity index (χ2v) is 6.15. The van der Waals surface area contributed by atoms with Crippen LogP contribution in [0, 0.1) is 12.8 Å². The van der Waals surface area contributed by atoms with Crippen molar-refractivity contribution in [1.29, 1.82) is 0 Å². The van der Waals surface area contributed by atoms with Crippen LogP contribution in [0.2, 0.25) is 0 Å². The summed E-state index contributed by atoms with van der Waals surface area (Å²) in [5, 5.41) is 4.14. The molecule has 2 atom stereocenters. The van der Waals surface area contributed by atoms with E-state index in [0.29, 0.717) is 17.6 Å². The van der Waals surface area contributed by atoms with E-state index < -0.39 is 5.54 Å². The minimum absolute atomic E-state index is 0.427. The molecule has 0 aliphatic heterocycles. The van der Waals surface area contributed by atoms with Crippen LogP contribution in [0.25, 0.3) is 11.5 Å². The molecule has 1 aromatic carbocycles. The van der Waals surface area contributed by atoms with Crippen molar-refractivity contribution in [2.75, 3.05) is 0 Å². The van der Waals surface area contributed by atoms with E-state index in [2.05, 4.69) is 17.1 Å². The number of aryl methyl sites for hydroxylation is 1. The molecule has 0 bridgehead atoms. The zero-order valence-corrected chi connectivity index (χ0v) is 12.1. The lowest BCUT2D eigenvalue weighted by Crippen LogP contribution is -2.42. The highest BCUT2D eigenvalue weighted by Crippen LogP contribution is 2.37. The Morgan fingerprint density at radius 3 is 3.00 bits per heavy atom. The maximum absolute atomic E-state index is 6.51. The van der Waals surface area contributed by atoms with Gasteiger partial charge in [-0.3, -0.25) is 0 Å². The van der Waals surface area contributed by atoms with Crippen molar-refractivity contribution in [3.8, 4) is 11.5 Å². The lowest BCUT2D eigenvalue weighted by atomic mass is 9.76. The topological polar surface area (TPSA) is 64.9 Å². The summed E-state index contributed by atoms with van der Waals surface area (Å²) in [6.45, 7) is 4.29. The van der Waals surface area contributed by atoms with E-state index >= 15 is 0 Å². The van der Waals surface area contributed by atoms with Gasteiger partial charge in [0.1, 0.15) is 0 Å². The van der Waals surface area contributed by atoms with E-state index in [-0.39, 0.29) is 0 Å². The molecule has 20 heavy (non-hydrogen) atoms. The van der Waals surface area contributed by atoms with Crippen molar-refractivity contribution >= 4 is 0 Å². The normalized spacial score (nSPS) is 26.6. The number of aromatic nitrogens is 2. The van der Waals surface area contributed by atoms with Gasteiger partial charge in [0.05, 0.1) is 5.54 Å². The number of rotatable bonds is 2. The lowest BCUT2D eigenvalue weighted by Gasteiger charge is -2.33. The van der Waals surface area contributed by atoms with Crippen LogP contribution in [0.15, 0.2) is 28.8 Å². The predicted molar refractivity (Wildman–Crippen MR) is 78.0 cm³/mol. The number of hydrogen-bond donors (Lipinski definition) is 1. The van der Waals surface area contributed by atoms with Crippen molar-refractivity contribution < 1.29 is 4.52 Å². The summed E-state index contributed by atoms with van der Waals surface area (Å²) in [5.74, 6) is 1.84. The van der Waals surface area contributed by atoms with Gasteiger partial charge in [-0.2, -0.15) is 4.98 Å². The summed E-state index contributed by atoms with van der Waals surface area (Å²) < 4.78 is 5.42. The summed E-state index contributed by atoms with van der Waals surface area (Å²) in [6, 6.07) is 8.07. The van der Waals surface area contributed by atoms with Crippen LogP contribution in [0.3, 0.4) is 0 Å². The molecule has 1 saturated carbocycles. The van der Waals surface area contributed by atoms with Gasteiger partial charge in [-0.15, -0.1) is 0 Å². The van der Waals surface area contributed by atoms with E-state index in [0.717, 1.165) is 24.8 Å². The fourth-order valence-corrected chi connectivity index (χ4v) is 3.12. The first-order valence-electron chi connectivity index (χ1n) is 7.27. The Balaban J connectivity index is 1.90. The van der Waals surface area contributed by atoms with Crippen molar-refractivity contribution in [3.05, 3.63) is 35.7 Å². The molecule has 0 spiro atoms. The fourth-order valence-electron chi connectivity index (χ4n) is 3.12. The summed E-state index contributed by atoms with van der Waals surface area (Å²) >= 11 is 0. The Kier molecular flexibility index (Phi) is 3.34. The summed E-state index contributed by atoms with van der Waals surface area (Å²) in [7, 11) is 0. The third kappa shape index (κ3) is 2.48. The molecule has 1 heterocycles. The van der Waals surface area contributed by atoms with E-state index in [1.165, 1.54) is 12.0 Å². The average Bonchev–Trinajstić information content (AvgIpc) is 2.88. The Hall–Kier alpha value is -1.68. The molecule has 1 aromatic heterocycles. The molecular formula is C16H21N3O. The average molecular weight is 271 g/mol. The highest BCUT2D eigenvalue weighted by atomic mass is 16.5. The molecule has 1 aliphatic rings. The second kappa shape index (κ2) is 5.02. The van der Waals surface area contributed by atoms with E-state index in [9.17, 15) is 0 Å². The van der Waals surface area contributed by atoms with E-state index in [4.69, 9.17) is 10.3 Å². The maximum Gasteiger partial charge on any atom is 0.257 e. The van der Waals surface area contributed by atoms with Gasteiger partial charge < -0.3 is 10.3 Å². The largest absolute Gasteiger partial charge is 0.334 e. The van der Waals surface area contributed by atoms with Crippen molar-refractivity contribution in [2.24, 2.45) is 11.7 Å². The molecule has 106 valence electrons. The maximum atomic E-state index is 6.51. The Labute approximate surface area is 119 Å². The molecule has 4 nitrogen and oxygen atoms in total.